The van der Waals surface area contributed by atoms with Crippen LogP contribution in [0.5, 0.6) is 0 Å². The summed E-state index contributed by atoms with van der Waals surface area (Å²) < 4.78 is 0. The van der Waals surface area contributed by atoms with Crippen LogP contribution in [0.15, 0.2) is 42.5 Å². The highest BCUT2D eigenvalue weighted by Gasteiger charge is 2.47. The lowest BCUT2D eigenvalue weighted by molar-refractivity contribution is 0.811. The van der Waals surface area contributed by atoms with E-state index in [1.54, 1.807) is 11.3 Å². The van der Waals surface area contributed by atoms with Gasteiger partial charge in [-0.2, -0.15) is 0 Å². The van der Waals surface area contributed by atoms with Gasteiger partial charge in [0.15, 0.2) is 0 Å². The summed E-state index contributed by atoms with van der Waals surface area (Å²) in [5.41, 5.74) is 3.78. The Bertz CT molecular complexity index is 742. The number of nitrogens with zero attached hydrogens (tertiary/aromatic N) is 2. The molecule has 2 aromatic heterocycles. The molecule has 0 amide bonds. The molecule has 2 heterocycles. The quantitative estimate of drug-likeness (QED) is 0.698. The lowest BCUT2D eigenvalue weighted by atomic mass is 9.92. The molecule has 1 fully saturated rings. The minimum absolute atomic E-state index is 0.160. The van der Waals surface area contributed by atoms with Crippen molar-refractivity contribution < 1.29 is 0 Å². The van der Waals surface area contributed by atoms with Crippen LogP contribution in [0.2, 0.25) is 0 Å². The number of fused-ring (bicyclic) bond motifs is 1. The van der Waals surface area contributed by atoms with Crippen molar-refractivity contribution >= 4 is 21.7 Å². The third-order valence-electron chi connectivity index (χ3n) is 3.93. The van der Waals surface area contributed by atoms with E-state index < -0.39 is 0 Å². The van der Waals surface area contributed by atoms with Gasteiger partial charge >= 0.3 is 0 Å². The SMILES string of the molecule is Cc1nc2ccc(C3(c4ccccc4)CC3)nc2s1. The molecule has 0 bridgehead atoms. The highest BCUT2D eigenvalue weighted by Crippen LogP contribution is 2.52. The van der Waals surface area contributed by atoms with Crippen molar-refractivity contribution in [2.75, 3.05) is 0 Å². The highest BCUT2D eigenvalue weighted by molar-refractivity contribution is 7.18. The Morgan fingerprint density at radius 3 is 2.53 bits per heavy atom. The van der Waals surface area contributed by atoms with E-state index in [0.717, 1.165) is 15.4 Å². The molecule has 0 aliphatic heterocycles. The van der Waals surface area contributed by atoms with Crippen LogP contribution >= 0.6 is 11.3 Å². The second-order valence-electron chi connectivity index (χ2n) is 5.20. The zero-order valence-corrected chi connectivity index (χ0v) is 11.6. The van der Waals surface area contributed by atoms with Gasteiger partial charge in [0.25, 0.3) is 0 Å². The van der Waals surface area contributed by atoms with Crippen molar-refractivity contribution in [1.29, 1.82) is 0 Å². The number of thiazole rings is 1. The van der Waals surface area contributed by atoms with Gasteiger partial charge in [-0.25, -0.2) is 9.97 Å². The van der Waals surface area contributed by atoms with Crippen LogP contribution in [0.3, 0.4) is 0 Å². The maximum Gasteiger partial charge on any atom is 0.143 e. The molecular formula is C16H14N2S. The first kappa shape index (κ1) is 11.1. The molecule has 2 nitrogen and oxygen atoms in total. The molecule has 3 heteroatoms. The third kappa shape index (κ3) is 1.69. The van der Waals surface area contributed by atoms with Crippen molar-refractivity contribution in [1.82, 2.24) is 9.97 Å². The summed E-state index contributed by atoms with van der Waals surface area (Å²) in [7, 11) is 0. The number of aromatic nitrogens is 2. The van der Waals surface area contributed by atoms with Crippen molar-refractivity contribution in [3.8, 4) is 0 Å². The molecule has 1 aliphatic rings. The standard InChI is InChI=1S/C16H14N2S/c1-11-17-13-7-8-14(18-15(13)19-11)16(9-10-16)12-5-3-2-4-6-12/h2-8H,9-10H2,1H3. The van der Waals surface area contributed by atoms with E-state index in [9.17, 15) is 0 Å². The Balaban J connectivity index is 1.86. The summed E-state index contributed by atoms with van der Waals surface area (Å²) in [5.74, 6) is 0. The zero-order valence-electron chi connectivity index (χ0n) is 10.8. The molecule has 19 heavy (non-hydrogen) atoms. The Hall–Kier alpha value is -1.74. The molecule has 0 radical (unpaired) electrons. The van der Waals surface area contributed by atoms with E-state index in [-0.39, 0.29) is 5.41 Å². The molecule has 0 saturated heterocycles. The van der Waals surface area contributed by atoms with Crippen LogP contribution in [-0.4, -0.2) is 9.97 Å². The smallest absolute Gasteiger partial charge is 0.143 e. The van der Waals surface area contributed by atoms with E-state index in [1.807, 2.05) is 6.92 Å². The average Bonchev–Trinajstić information content (AvgIpc) is 3.16. The van der Waals surface area contributed by atoms with Gasteiger partial charge in [-0.05, 0) is 37.5 Å². The largest absolute Gasteiger partial charge is 0.240 e. The summed E-state index contributed by atoms with van der Waals surface area (Å²) in [6, 6.07) is 15.0. The van der Waals surface area contributed by atoms with Crippen LogP contribution < -0.4 is 0 Å². The number of pyridine rings is 1. The monoisotopic (exact) mass is 266 g/mol. The van der Waals surface area contributed by atoms with Gasteiger partial charge in [0.1, 0.15) is 10.3 Å². The minimum atomic E-state index is 0.160. The predicted molar refractivity (Wildman–Crippen MR) is 78.6 cm³/mol. The lowest BCUT2D eigenvalue weighted by Gasteiger charge is -2.14. The fourth-order valence-corrected chi connectivity index (χ4v) is 3.55. The number of aryl methyl sites for hydroxylation is 1. The highest BCUT2D eigenvalue weighted by atomic mass is 32.1. The molecule has 4 rings (SSSR count). The van der Waals surface area contributed by atoms with E-state index in [4.69, 9.17) is 4.98 Å². The van der Waals surface area contributed by atoms with Crippen molar-refractivity contribution in [2.45, 2.75) is 25.2 Å². The molecule has 0 N–H and O–H groups in total. The van der Waals surface area contributed by atoms with Gasteiger partial charge < -0.3 is 0 Å². The Kier molecular flexibility index (Phi) is 2.27. The van der Waals surface area contributed by atoms with Gasteiger partial charge in [-0.1, -0.05) is 41.7 Å². The molecule has 1 saturated carbocycles. The van der Waals surface area contributed by atoms with E-state index in [0.29, 0.717) is 0 Å². The topological polar surface area (TPSA) is 25.8 Å². The second-order valence-corrected chi connectivity index (χ2v) is 6.38. The van der Waals surface area contributed by atoms with Crippen LogP contribution in [0.25, 0.3) is 10.3 Å². The first-order valence-corrected chi connectivity index (χ1v) is 7.40. The van der Waals surface area contributed by atoms with Gasteiger partial charge in [-0.3, -0.25) is 0 Å². The minimum Gasteiger partial charge on any atom is -0.240 e. The van der Waals surface area contributed by atoms with Gasteiger partial charge in [0.05, 0.1) is 10.7 Å². The average molecular weight is 266 g/mol. The predicted octanol–water partition coefficient (Wildman–Crippen LogP) is 4.08. The molecular weight excluding hydrogens is 252 g/mol. The normalized spacial score (nSPS) is 16.7. The van der Waals surface area contributed by atoms with E-state index in [1.165, 1.54) is 24.1 Å². The second kappa shape index (κ2) is 3.87. The van der Waals surface area contributed by atoms with Crippen molar-refractivity contribution in [3.05, 3.63) is 58.7 Å². The fourth-order valence-electron chi connectivity index (χ4n) is 2.77. The lowest BCUT2D eigenvalue weighted by Crippen LogP contribution is -2.10. The summed E-state index contributed by atoms with van der Waals surface area (Å²) in [4.78, 5) is 10.4. The number of hydrogen-bond donors (Lipinski definition) is 0. The van der Waals surface area contributed by atoms with Gasteiger partial charge in [0.2, 0.25) is 0 Å². The van der Waals surface area contributed by atoms with Crippen LogP contribution in [0, 0.1) is 6.92 Å². The van der Waals surface area contributed by atoms with Gasteiger partial charge in [-0.15, -0.1) is 0 Å². The van der Waals surface area contributed by atoms with E-state index >= 15 is 0 Å². The Morgan fingerprint density at radius 1 is 1.00 bits per heavy atom. The molecule has 0 atom stereocenters. The van der Waals surface area contributed by atoms with Crippen LogP contribution in [-0.2, 0) is 5.41 Å². The fraction of sp³-hybridized carbons (Fsp3) is 0.250. The maximum absolute atomic E-state index is 4.86. The van der Waals surface area contributed by atoms with E-state index in [2.05, 4.69) is 47.4 Å². The van der Waals surface area contributed by atoms with Crippen molar-refractivity contribution in [2.24, 2.45) is 0 Å². The molecule has 1 aromatic carbocycles. The number of benzene rings is 1. The Morgan fingerprint density at radius 2 is 1.79 bits per heavy atom. The summed E-state index contributed by atoms with van der Waals surface area (Å²) in [6.45, 7) is 2.04. The first-order valence-electron chi connectivity index (χ1n) is 6.58. The number of rotatable bonds is 2. The van der Waals surface area contributed by atoms with Crippen LogP contribution in [0.4, 0.5) is 0 Å². The first-order chi connectivity index (χ1) is 9.28. The van der Waals surface area contributed by atoms with Gasteiger partial charge in [0, 0.05) is 5.41 Å². The molecule has 94 valence electrons. The molecule has 1 aliphatic carbocycles. The van der Waals surface area contributed by atoms with Crippen LogP contribution in [0.1, 0.15) is 29.1 Å². The molecule has 0 unspecified atom stereocenters. The third-order valence-corrected chi connectivity index (χ3v) is 4.81. The maximum atomic E-state index is 4.86. The zero-order chi connectivity index (χ0) is 12.9. The molecule has 0 spiro atoms. The molecule has 3 aromatic rings. The summed E-state index contributed by atoms with van der Waals surface area (Å²) in [5, 5.41) is 1.09. The van der Waals surface area contributed by atoms with Crippen molar-refractivity contribution in [3.63, 3.8) is 0 Å². The number of hydrogen-bond acceptors (Lipinski definition) is 3. The summed E-state index contributed by atoms with van der Waals surface area (Å²) >= 11 is 1.68. The Labute approximate surface area is 116 Å². The summed E-state index contributed by atoms with van der Waals surface area (Å²) in [6.07, 6.45) is 2.40.